The van der Waals surface area contributed by atoms with Crippen LogP contribution in [-0.4, -0.2) is 44.9 Å². The Hall–Kier alpha value is -1.17. The molecule has 5 heteroatoms. The second-order valence-electron chi connectivity index (χ2n) is 5.08. The minimum absolute atomic E-state index is 0.237. The minimum atomic E-state index is -0.381. The van der Waals surface area contributed by atoms with E-state index in [-0.39, 0.29) is 17.6 Å². The minimum Gasteiger partial charge on any atom is -0.494 e. The van der Waals surface area contributed by atoms with E-state index in [0.29, 0.717) is 19.2 Å². The highest BCUT2D eigenvalue weighted by molar-refractivity contribution is 5.31. The molecule has 1 atom stereocenters. The summed E-state index contributed by atoms with van der Waals surface area (Å²) >= 11 is 0. The number of rotatable bonds is 8. The highest BCUT2D eigenvalue weighted by Crippen LogP contribution is 2.21. The molecule has 2 N–H and O–H groups in total. The lowest BCUT2D eigenvalue weighted by molar-refractivity contribution is 0.125. The maximum atomic E-state index is 13.7. The molecule has 0 aliphatic carbocycles. The molecule has 20 heavy (non-hydrogen) atoms. The number of ether oxygens (including phenoxy) is 2. The van der Waals surface area contributed by atoms with Gasteiger partial charge in [0.15, 0.2) is 11.6 Å². The quantitative estimate of drug-likeness (QED) is 0.795. The fourth-order valence-corrected chi connectivity index (χ4v) is 2.04. The van der Waals surface area contributed by atoms with Crippen molar-refractivity contribution in [1.29, 1.82) is 0 Å². The molecule has 0 aliphatic rings. The van der Waals surface area contributed by atoms with Crippen LogP contribution in [0, 0.1) is 5.82 Å². The van der Waals surface area contributed by atoms with Crippen molar-refractivity contribution in [1.82, 2.24) is 4.90 Å². The van der Waals surface area contributed by atoms with E-state index in [1.54, 1.807) is 19.2 Å². The van der Waals surface area contributed by atoms with E-state index in [4.69, 9.17) is 15.2 Å². The molecule has 114 valence electrons. The van der Waals surface area contributed by atoms with Crippen LogP contribution in [0.2, 0.25) is 0 Å². The second-order valence-corrected chi connectivity index (χ2v) is 5.08. The summed E-state index contributed by atoms with van der Waals surface area (Å²) in [6.07, 6.45) is 0. The predicted molar refractivity (Wildman–Crippen MR) is 78.5 cm³/mol. The predicted octanol–water partition coefficient (Wildman–Crippen LogP) is 2.19. The molecule has 0 amide bonds. The van der Waals surface area contributed by atoms with Crippen LogP contribution in [0.1, 0.15) is 25.5 Å². The number of hydrogen-bond donors (Lipinski definition) is 1. The van der Waals surface area contributed by atoms with Crippen molar-refractivity contribution in [2.75, 3.05) is 33.9 Å². The van der Waals surface area contributed by atoms with Gasteiger partial charge >= 0.3 is 0 Å². The fraction of sp³-hybridized carbons (Fsp3) is 0.600. The molecule has 1 unspecified atom stereocenters. The van der Waals surface area contributed by atoms with Crippen LogP contribution in [-0.2, 0) is 4.74 Å². The number of methoxy groups -OCH3 is 2. The van der Waals surface area contributed by atoms with E-state index < -0.39 is 0 Å². The molecule has 0 heterocycles. The van der Waals surface area contributed by atoms with Crippen LogP contribution in [0.3, 0.4) is 0 Å². The zero-order valence-corrected chi connectivity index (χ0v) is 12.7. The number of nitrogens with two attached hydrogens (primary N) is 1. The first-order valence-corrected chi connectivity index (χ1v) is 6.81. The van der Waals surface area contributed by atoms with Crippen LogP contribution >= 0.6 is 0 Å². The van der Waals surface area contributed by atoms with Gasteiger partial charge in [0.05, 0.1) is 13.7 Å². The Balaban J connectivity index is 2.72. The maximum absolute atomic E-state index is 13.7. The van der Waals surface area contributed by atoms with Gasteiger partial charge in [0, 0.05) is 32.3 Å². The van der Waals surface area contributed by atoms with Crippen LogP contribution < -0.4 is 10.5 Å². The summed E-state index contributed by atoms with van der Waals surface area (Å²) in [5.41, 5.74) is 6.95. The summed E-state index contributed by atoms with van der Waals surface area (Å²) in [6, 6.07) is 4.98. The molecule has 1 aromatic carbocycles. The average molecular weight is 284 g/mol. The molecule has 0 bridgehead atoms. The standard InChI is InChI=1S/C15H25FN2O2/c1-11(2)18(7-8-19-3)10-14(17)12-5-6-15(20-4)13(16)9-12/h5-6,9,11,14H,7-8,10,17H2,1-4H3. The average Bonchev–Trinajstić information content (AvgIpc) is 2.42. The van der Waals surface area contributed by atoms with Gasteiger partial charge in [-0.25, -0.2) is 4.39 Å². The Morgan fingerprint density at radius 2 is 2.00 bits per heavy atom. The van der Waals surface area contributed by atoms with Gasteiger partial charge in [-0.15, -0.1) is 0 Å². The van der Waals surface area contributed by atoms with Crippen molar-refractivity contribution in [2.45, 2.75) is 25.9 Å². The summed E-state index contributed by atoms with van der Waals surface area (Å²) in [5.74, 6) is -0.144. The Labute approximate surface area is 120 Å². The van der Waals surface area contributed by atoms with E-state index in [0.717, 1.165) is 12.1 Å². The summed E-state index contributed by atoms with van der Waals surface area (Å²) in [6.45, 7) is 6.34. The van der Waals surface area contributed by atoms with Gasteiger partial charge in [-0.2, -0.15) is 0 Å². The molecular weight excluding hydrogens is 259 g/mol. The van der Waals surface area contributed by atoms with Crippen molar-refractivity contribution >= 4 is 0 Å². The molecule has 0 radical (unpaired) electrons. The monoisotopic (exact) mass is 284 g/mol. The first-order valence-electron chi connectivity index (χ1n) is 6.81. The fourth-order valence-electron chi connectivity index (χ4n) is 2.04. The Morgan fingerprint density at radius 3 is 2.50 bits per heavy atom. The van der Waals surface area contributed by atoms with Crippen molar-refractivity contribution in [2.24, 2.45) is 5.73 Å². The van der Waals surface area contributed by atoms with Crippen molar-refractivity contribution in [3.8, 4) is 5.75 Å². The number of nitrogens with zero attached hydrogens (tertiary/aromatic N) is 1. The van der Waals surface area contributed by atoms with E-state index >= 15 is 0 Å². The van der Waals surface area contributed by atoms with Crippen LogP contribution in [0.15, 0.2) is 18.2 Å². The van der Waals surface area contributed by atoms with Gasteiger partial charge in [0.1, 0.15) is 0 Å². The highest BCUT2D eigenvalue weighted by Gasteiger charge is 2.16. The van der Waals surface area contributed by atoms with Gasteiger partial charge in [-0.3, -0.25) is 4.90 Å². The van der Waals surface area contributed by atoms with Gasteiger partial charge in [-0.05, 0) is 31.5 Å². The number of hydrogen-bond acceptors (Lipinski definition) is 4. The first kappa shape index (κ1) is 16.9. The molecule has 0 saturated heterocycles. The number of benzene rings is 1. The smallest absolute Gasteiger partial charge is 0.165 e. The Kier molecular flexibility index (Phi) is 6.91. The third-order valence-corrected chi connectivity index (χ3v) is 3.35. The topological polar surface area (TPSA) is 47.7 Å². The van der Waals surface area contributed by atoms with Gasteiger partial charge < -0.3 is 15.2 Å². The molecule has 4 nitrogen and oxygen atoms in total. The van der Waals surface area contributed by atoms with Crippen LogP contribution in [0.5, 0.6) is 5.75 Å². The first-order chi connectivity index (χ1) is 9.49. The zero-order chi connectivity index (χ0) is 15.1. The highest BCUT2D eigenvalue weighted by atomic mass is 19.1. The lowest BCUT2D eigenvalue weighted by atomic mass is 10.1. The largest absolute Gasteiger partial charge is 0.494 e. The van der Waals surface area contributed by atoms with Crippen LogP contribution in [0.4, 0.5) is 4.39 Å². The van der Waals surface area contributed by atoms with Gasteiger partial charge in [0.2, 0.25) is 0 Å². The Morgan fingerprint density at radius 1 is 1.30 bits per heavy atom. The summed E-state index contributed by atoms with van der Waals surface area (Å²) in [4.78, 5) is 2.22. The lowest BCUT2D eigenvalue weighted by Crippen LogP contribution is -2.39. The van der Waals surface area contributed by atoms with Gasteiger partial charge in [-0.1, -0.05) is 6.07 Å². The number of halogens is 1. The van der Waals surface area contributed by atoms with Gasteiger partial charge in [0.25, 0.3) is 0 Å². The summed E-state index contributed by atoms with van der Waals surface area (Å²) in [5, 5.41) is 0. The summed E-state index contributed by atoms with van der Waals surface area (Å²) in [7, 11) is 3.13. The molecule has 1 aromatic rings. The van der Waals surface area contributed by atoms with E-state index in [2.05, 4.69) is 18.7 Å². The summed E-state index contributed by atoms with van der Waals surface area (Å²) < 4.78 is 23.7. The molecular formula is C15H25FN2O2. The lowest BCUT2D eigenvalue weighted by Gasteiger charge is -2.29. The molecule has 0 aromatic heterocycles. The van der Waals surface area contributed by atoms with Crippen molar-refractivity contribution < 1.29 is 13.9 Å². The third-order valence-electron chi connectivity index (χ3n) is 3.35. The SMILES string of the molecule is COCCN(CC(N)c1ccc(OC)c(F)c1)C(C)C. The molecule has 0 spiro atoms. The van der Waals surface area contributed by atoms with Crippen molar-refractivity contribution in [3.63, 3.8) is 0 Å². The molecule has 0 aliphatic heterocycles. The normalized spacial score (nSPS) is 13.0. The molecule has 0 fully saturated rings. The third kappa shape index (κ3) is 4.74. The maximum Gasteiger partial charge on any atom is 0.165 e. The van der Waals surface area contributed by atoms with E-state index in [1.807, 2.05) is 0 Å². The molecule has 1 rings (SSSR count). The van der Waals surface area contributed by atoms with E-state index in [9.17, 15) is 4.39 Å². The van der Waals surface area contributed by atoms with Crippen molar-refractivity contribution in [3.05, 3.63) is 29.6 Å². The van der Waals surface area contributed by atoms with Crippen LogP contribution in [0.25, 0.3) is 0 Å². The molecule has 0 saturated carbocycles. The van der Waals surface area contributed by atoms with E-state index in [1.165, 1.54) is 13.2 Å². The Bertz CT molecular complexity index is 413. The zero-order valence-electron chi connectivity index (χ0n) is 12.7. The second kappa shape index (κ2) is 8.19.